The standard InChI is InChI=1S/C22H30N4O3/c1-4-23-22(26-16-21(27)25-15-18-8-6-5-7-9-18)24-13-12-17-10-11-19(28-2)20(14-17)29-3/h5-11,14H,4,12-13,15-16H2,1-3H3,(H,25,27)(H2,23,24,26). The highest BCUT2D eigenvalue weighted by Crippen LogP contribution is 2.27. The number of carbonyl (C=O) groups is 1. The molecule has 156 valence electrons. The molecule has 0 saturated heterocycles. The lowest BCUT2D eigenvalue weighted by Gasteiger charge is -2.13. The van der Waals surface area contributed by atoms with E-state index in [4.69, 9.17) is 9.47 Å². The Labute approximate surface area is 172 Å². The van der Waals surface area contributed by atoms with Crippen LogP contribution in [-0.4, -0.2) is 45.7 Å². The number of nitrogens with one attached hydrogen (secondary N) is 3. The van der Waals surface area contributed by atoms with Gasteiger partial charge in [0.1, 0.15) is 6.54 Å². The Balaban J connectivity index is 1.81. The summed E-state index contributed by atoms with van der Waals surface area (Å²) in [5, 5.41) is 9.28. The summed E-state index contributed by atoms with van der Waals surface area (Å²) in [5.41, 5.74) is 2.18. The zero-order chi connectivity index (χ0) is 20.9. The number of guanidine groups is 1. The second-order valence-electron chi connectivity index (χ2n) is 6.32. The quantitative estimate of drug-likeness (QED) is 0.422. The topological polar surface area (TPSA) is 84.0 Å². The summed E-state index contributed by atoms with van der Waals surface area (Å²) in [6.07, 6.45) is 0.783. The summed E-state index contributed by atoms with van der Waals surface area (Å²) in [6.45, 7) is 3.94. The minimum atomic E-state index is -0.119. The van der Waals surface area contributed by atoms with E-state index in [2.05, 4.69) is 20.9 Å². The predicted molar refractivity (Wildman–Crippen MR) is 116 cm³/mol. The number of nitrogens with zero attached hydrogens (tertiary/aromatic N) is 1. The Kier molecular flexibility index (Phi) is 9.35. The Hall–Kier alpha value is -3.22. The molecular weight excluding hydrogens is 368 g/mol. The number of hydrogen-bond acceptors (Lipinski definition) is 4. The number of methoxy groups -OCH3 is 2. The van der Waals surface area contributed by atoms with E-state index in [1.54, 1.807) is 14.2 Å². The first-order chi connectivity index (χ1) is 14.2. The van der Waals surface area contributed by atoms with Crippen molar-refractivity contribution in [2.45, 2.75) is 19.9 Å². The lowest BCUT2D eigenvalue weighted by atomic mass is 10.1. The van der Waals surface area contributed by atoms with Crippen molar-refractivity contribution in [3.63, 3.8) is 0 Å². The third-order valence-corrected chi connectivity index (χ3v) is 4.21. The molecule has 0 aliphatic heterocycles. The largest absolute Gasteiger partial charge is 0.493 e. The first-order valence-electron chi connectivity index (χ1n) is 9.70. The van der Waals surface area contributed by atoms with Crippen LogP contribution in [-0.2, 0) is 17.8 Å². The van der Waals surface area contributed by atoms with E-state index < -0.39 is 0 Å². The van der Waals surface area contributed by atoms with Gasteiger partial charge in [-0.25, -0.2) is 4.99 Å². The van der Waals surface area contributed by atoms with Gasteiger partial charge in [0.2, 0.25) is 5.91 Å². The van der Waals surface area contributed by atoms with Gasteiger partial charge >= 0.3 is 0 Å². The van der Waals surface area contributed by atoms with E-state index in [9.17, 15) is 4.79 Å². The number of aliphatic imine (C=N–C) groups is 1. The molecule has 0 atom stereocenters. The molecule has 3 N–H and O–H groups in total. The zero-order valence-electron chi connectivity index (χ0n) is 17.3. The Morgan fingerprint density at radius 1 is 0.931 bits per heavy atom. The van der Waals surface area contributed by atoms with Gasteiger partial charge in [-0.3, -0.25) is 4.79 Å². The van der Waals surface area contributed by atoms with Crippen LogP contribution in [0.5, 0.6) is 11.5 Å². The maximum atomic E-state index is 12.1. The van der Waals surface area contributed by atoms with Crippen LogP contribution in [0.1, 0.15) is 18.1 Å². The minimum absolute atomic E-state index is 0.0680. The van der Waals surface area contributed by atoms with Crippen LogP contribution < -0.4 is 25.4 Å². The molecule has 0 spiro atoms. The maximum absolute atomic E-state index is 12.1. The third-order valence-electron chi connectivity index (χ3n) is 4.21. The molecule has 0 aromatic heterocycles. The van der Waals surface area contributed by atoms with Gasteiger partial charge in [-0.15, -0.1) is 0 Å². The van der Waals surface area contributed by atoms with Gasteiger partial charge in [0.15, 0.2) is 17.5 Å². The second kappa shape index (κ2) is 12.3. The molecule has 0 radical (unpaired) electrons. The van der Waals surface area contributed by atoms with Crippen LogP contribution >= 0.6 is 0 Å². The van der Waals surface area contributed by atoms with Gasteiger partial charge in [0.05, 0.1) is 14.2 Å². The minimum Gasteiger partial charge on any atom is -0.493 e. The van der Waals surface area contributed by atoms with E-state index in [0.29, 0.717) is 37.1 Å². The Morgan fingerprint density at radius 2 is 1.69 bits per heavy atom. The van der Waals surface area contributed by atoms with E-state index in [0.717, 1.165) is 17.5 Å². The summed E-state index contributed by atoms with van der Waals surface area (Å²) < 4.78 is 10.6. The molecule has 2 rings (SSSR count). The van der Waals surface area contributed by atoms with Gasteiger partial charge < -0.3 is 25.4 Å². The normalized spacial score (nSPS) is 10.9. The maximum Gasteiger partial charge on any atom is 0.242 e. The first kappa shape index (κ1) is 22.1. The highest BCUT2D eigenvalue weighted by Gasteiger charge is 2.06. The van der Waals surface area contributed by atoms with Crippen molar-refractivity contribution in [2.75, 3.05) is 33.9 Å². The lowest BCUT2D eigenvalue weighted by molar-refractivity contribution is -0.119. The molecule has 0 bridgehead atoms. The molecule has 0 aliphatic carbocycles. The number of hydrogen-bond donors (Lipinski definition) is 3. The Bertz CT molecular complexity index is 794. The number of carbonyl (C=O) groups excluding carboxylic acids is 1. The molecule has 1 amide bonds. The van der Waals surface area contributed by atoms with Crippen molar-refractivity contribution in [2.24, 2.45) is 4.99 Å². The zero-order valence-corrected chi connectivity index (χ0v) is 17.3. The molecule has 2 aromatic rings. The van der Waals surface area contributed by atoms with E-state index >= 15 is 0 Å². The van der Waals surface area contributed by atoms with E-state index in [-0.39, 0.29) is 12.5 Å². The summed E-state index contributed by atoms with van der Waals surface area (Å²) in [6, 6.07) is 15.7. The predicted octanol–water partition coefficient (Wildman–Crippen LogP) is 2.12. The number of ether oxygens (including phenoxy) is 2. The second-order valence-corrected chi connectivity index (χ2v) is 6.32. The molecular formula is C22H30N4O3. The van der Waals surface area contributed by atoms with E-state index in [1.165, 1.54) is 0 Å². The molecule has 7 heteroatoms. The summed E-state index contributed by atoms with van der Waals surface area (Å²) in [7, 11) is 3.24. The summed E-state index contributed by atoms with van der Waals surface area (Å²) in [5.74, 6) is 1.91. The van der Waals surface area contributed by atoms with Gasteiger partial charge in [-0.2, -0.15) is 0 Å². The van der Waals surface area contributed by atoms with Crippen molar-refractivity contribution < 1.29 is 14.3 Å². The monoisotopic (exact) mass is 398 g/mol. The number of amides is 1. The number of rotatable bonds is 10. The highest BCUT2D eigenvalue weighted by atomic mass is 16.5. The molecule has 2 aromatic carbocycles. The molecule has 7 nitrogen and oxygen atoms in total. The molecule has 0 saturated carbocycles. The van der Waals surface area contributed by atoms with Gasteiger partial charge in [0, 0.05) is 19.6 Å². The van der Waals surface area contributed by atoms with Crippen LogP contribution in [0.4, 0.5) is 0 Å². The van der Waals surface area contributed by atoms with Crippen LogP contribution in [0.2, 0.25) is 0 Å². The van der Waals surface area contributed by atoms with Gasteiger partial charge in [0.25, 0.3) is 0 Å². The van der Waals surface area contributed by atoms with Crippen LogP contribution in [0.3, 0.4) is 0 Å². The van der Waals surface area contributed by atoms with E-state index in [1.807, 2.05) is 55.5 Å². The fourth-order valence-electron chi connectivity index (χ4n) is 2.71. The lowest BCUT2D eigenvalue weighted by Crippen LogP contribution is -2.39. The molecule has 0 unspecified atom stereocenters. The van der Waals surface area contributed by atoms with Crippen molar-refractivity contribution in [1.82, 2.24) is 16.0 Å². The fraction of sp³-hybridized carbons (Fsp3) is 0.364. The fourth-order valence-corrected chi connectivity index (χ4v) is 2.71. The van der Waals surface area contributed by atoms with Crippen molar-refractivity contribution in [1.29, 1.82) is 0 Å². The van der Waals surface area contributed by atoms with Crippen LogP contribution in [0.15, 0.2) is 53.5 Å². The van der Waals surface area contributed by atoms with Crippen molar-refractivity contribution in [3.8, 4) is 11.5 Å². The smallest absolute Gasteiger partial charge is 0.242 e. The first-order valence-corrected chi connectivity index (χ1v) is 9.70. The third kappa shape index (κ3) is 7.73. The van der Waals surface area contributed by atoms with Crippen molar-refractivity contribution >= 4 is 11.9 Å². The highest BCUT2D eigenvalue weighted by molar-refractivity contribution is 5.84. The SMILES string of the molecule is CCNC(=NCC(=O)NCc1ccccc1)NCCc1ccc(OC)c(OC)c1. The Morgan fingerprint density at radius 3 is 2.38 bits per heavy atom. The molecule has 0 fully saturated rings. The average molecular weight is 399 g/mol. The molecule has 29 heavy (non-hydrogen) atoms. The summed E-state index contributed by atoms with van der Waals surface area (Å²) >= 11 is 0. The van der Waals surface area contributed by atoms with Gasteiger partial charge in [-0.1, -0.05) is 36.4 Å². The molecule has 0 aliphatic rings. The molecule has 0 heterocycles. The van der Waals surface area contributed by atoms with Crippen LogP contribution in [0.25, 0.3) is 0 Å². The number of benzene rings is 2. The van der Waals surface area contributed by atoms with Crippen LogP contribution in [0, 0.1) is 0 Å². The van der Waals surface area contributed by atoms with Crippen molar-refractivity contribution in [3.05, 3.63) is 59.7 Å². The summed E-state index contributed by atoms with van der Waals surface area (Å²) in [4.78, 5) is 16.4. The van der Waals surface area contributed by atoms with Gasteiger partial charge in [-0.05, 0) is 36.6 Å². The average Bonchev–Trinajstić information content (AvgIpc) is 2.76.